The molecule has 0 aliphatic rings. The van der Waals surface area contributed by atoms with Crippen LogP contribution in [-0.4, -0.2) is 36.5 Å². The summed E-state index contributed by atoms with van der Waals surface area (Å²) in [5, 5.41) is 14.8. The van der Waals surface area contributed by atoms with Gasteiger partial charge < -0.3 is 20.5 Å². The van der Waals surface area contributed by atoms with E-state index in [-0.39, 0.29) is 12.7 Å². The van der Waals surface area contributed by atoms with Gasteiger partial charge in [0.25, 0.3) is 0 Å². The summed E-state index contributed by atoms with van der Waals surface area (Å²) in [5.74, 6) is 0. The molecule has 0 unspecified atom stereocenters. The summed E-state index contributed by atoms with van der Waals surface area (Å²) < 4.78 is 5.18. The minimum Gasteiger partial charge on any atom is -0.444 e. The molecule has 1 aromatic carbocycles. The number of para-hydroxylation sites is 1. The summed E-state index contributed by atoms with van der Waals surface area (Å²) in [6, 6.07) is 7.99. The molecule has 118 valence electrons. The van der Waals surface area contributed by atoms with E-state index in [1.54, 1.807) is 0 Å². The van der Waals surface area contributed by atoms with Crippen LogP contribution in [0.25, 0.3) is 0 Å². The Hall–Kier alpha value is -1.75. The van der Waals surface area contributed by atoms with E-state index >= 15 is 0 Å². The van der Waals surface area contributed by atoms with Crippen molar-refractivity contribution in [3.63, 3.8) is 0 Å². The molecule has 0 aliphatic carbocycles. The molecular weight excluding hydrogens is 268 g/mol. The third-order valence-corrected chi connectivity index (χ3v) is 2.74. The highest BCUT2D eigenvalue weighted by Crippen LogP contribution is 2.16. The molecule has 0 fully saturated rings. The van der Waals surface area contributed by atoms with Gasteiger partial charge in [-0.1, -0.05) is 18.2 Å². The Morgan fingerprint density at radius 1 is 1.24 bits per heavy atom. The summed E-state index contributed by atoms with van der Waals surface area (Å²) in [6.45, 7) is 6.74. The van der Waals surface area contributed by atoms with Crippen molar-refractivity contribution in [3.8, 4) is 0 Å². The predicted octanol–water partition coefficient (Wildman–Crippen LogP) is 2.55. The summed E-state index contributed by atoms with van der Waals surface area (Å²) in [4.78, 5) is 11.5. The molecule has 21 heavy (non-hydrogen) atoms. The van der Waals surface area contributed by atoms with E-state index in [1.807, 2.05) is 45.0 Å². The van der Waals surface area contributed by atoms with Gasteiger partial charge in [-0.3, -0.25) is 0 Å². The zero-order valence-electron chi connectivity index (χ0n) is 13.1. The first-order valence-electron chi connectivity index (χ1n) is 7.32. The number of aliphatic hydroxyl groups is 1. The Labute approximate surface area is 126 Å². The highest BCUT2D eigenvalue weighted by atomic mass is 16.6. The highest BCUT2D eigenvalue weighted by molar-refractivity contribution is 5.67. The molecule has 5 nitrogen and oxygen atoms in total. The lowest BCUT2D eigenvalue weighted by molar-refractivity contribution is 0.0527. The van der Waals surface area contributed by atoms with Gasteiger partial charge >= 0.3 is 6.09 Å². The number of ether oxygens (including phenoxy) is 1. The third-order valence-electron chi connectivity index (χ3n) is 2.74. The van der Waals surface area contributed by atoms with Crippen molar-refractivity contribution in [1.29, 1.82) is 0 Å². The van der Waals surface area contributed by atoms with Crippen LogP contribution in [0.2, 0.25) is 0 Å². The number of alkyl carbamates (subject to hydrolysis) is 1. The van der Waals surface area contributed by atoms with Gasteiger partial charge in [0.2, 0.25) is 0 Å². The van der Waals surface area contributed by atoms with E-state index < -0.39 is 5.60 Å². The zero-order valence-corrected chi connectivity index (χ0v) is 13.1. The highest BCUT2D eigenvalue weighted by Gasteiger charge is 2.15. The van der Waals surface area contributed by atoms with Crippen LogP contribution >= 0.6 is 0 Å². The van der Waals surface area contributed by atoms with Crippen molar-refractivity contribution in [2.24, 2.45) is 0 Å². The first-order valence-corrected chi connectivity index (χ1v) is 7.32. The van der Waals surface area contributed by atoms with Crippen LogP contribution in [0.3, 0.4) is 0 Å². The van der Waals surface area contributed by atoms with Gasteiger partial charge in [-0.25, -0.2) is 4.79 Å². The molecule has 0 aliphatic heterocycles. The Morgan fingerprint density at radius 3 is 2.62 bits per heavy atom. The summed E-state index contributed by atoms with van der Waals surface area (Å²) in [6.07, 6.45) is 1.30. The lowest BCUT2D eigenvalue weighted by Gasteiger charge is -2.19. The predicted molar refractivity (Wildman–Crippen MR) is 84.6 cm³/mol. The number of carbonyl (C=O) groups excluding carboxylic acids is 1. The first kappa shape index (κ1) is 17.3. The topological polar surface area (TPSA) is 70.6 Å². The molecule has 1 rings (SSSR count). The van der Waals surface area contributed by atoms with Crippen molar-refractivity contribution in [2.75, 3.05) is 25.0 Å². The second-order valence-corrected chi connectivity index (χ2v) is 5.84. The minimum atomic E-state index is -0.467. The van der Waals surface area contributed by atoms with Crippen molar-refractivity contribution in [2.45, 2.75) is 39.2 Å². The number of rotatable bonds is 7. The number of hydrogen-bond donors (Lipinski definition) is 3. The average Bonchev–Trinajstić information content (AvgIpc) is 2.40. The van der Waals surface area contributed by atoms with Crippen LogP contribution in [0, 0.1) is 0 Å². The van der Waals surface area contributed by atoms with E-state index in [2.05, 4.69) is 10.6 Å². The van der Waals surface area contributed by atoms with Crippen molar-refractivity contribution < 1.29 is 14.6 Å². The second-order valence-electron chi connectivity index (χ2n) is 5.84. The number of hydrogen-bond acceptors (Lipinski definition) is 4. The first-order chi connectivity index (χ1) is 9.92. The fourth-order valence-electron chi connectivity index (χ4n) is 1.88. The molecule has 0 spiro atoms. The summed E-state index contributed by atoms with van der Waals surface area (Å²) in [5.41, 5.74) is 1.74. The number of aliphatic hydroxyl groups excluding tert-OH is 1. The van der Waals surface area contributed by atoms with Gasteiger partial charge in [-0.05, 0) is 45.2 Å². The molecule has 1 amide bonds. The van der Waals surface area contributed by atoms with Crippen LogP contribution in [0.5, 0.6) is 0 Å². The largest absolute Gasteiger partial charge is 0.444 e. The fraction of sp³-hybridized carbons (Fsp3) is 0.562. The molecule has 0 bridgehead atoms. The van der Waals surface area contributed by atoms with E-state index in [0.29, 0.717) is 13.1 Å². The average molecular weight is 294 g/mol. The van der Waals surface area contributed by atoms with Crippen molar-refractivity contribution in [3.05, 3.63) is 29.8 Å². The van der Waals surface area contributed by atoms with Crippen molar-refractivity contribution in [1.82, 2.24) is 5.32 Å². The van der Waals surface area contributed by atoms with Gasteiger partial charge in [-0.2, -0.15) is 0 Å². The van der Waals surface area contributed by atoms with Crippen LogP contribution in [0.4, 0.5) is 10.5 Å². The maximum absolute atomic E-state index is 11.5. The molecule has 3 N–H and O–H groups in total. The van der Waals surface area contributed by atoms with Crippen LogP contribution in [0.1, 0.15) is 32.8 Å². The van der Waals surface area contributed by atoms with E-state index in [1.165, 1.54) is 5.56 Å². The Bertz CT molecular complexity index is 441. The monoisotopic (exact) mass is 294 g/mol. The summed E-state index contributed by atoms with van der Waals surface area (Å²) >= 11 is 0. The van der Waals surface area contributed by atoms with E-state index in [4.69, 9.17) is 9.84 Å². The maximum Gasteiger partial charge on any atom is 0.407 e. The van der Waals surface area contributed by atoms with Gasteiger partial charge in [0.05, 0.1) is 6.61 Å². The van der Waals surface area contributed by atoms with Crippen LogP contribution in [-0.2, 0) is 11.2 Å². The smallest absolute Gasteiger partial charge is 0.407 e. The number of anilines is 1. The maximum atomic E-state index is 11.5. The number of aryl methyl sites for hydroxylation is 1. The fourth-order valence-corrected chi connectivity index (χ4v) is 1.88. The lowest BCUT2D eigenvalue weighted by Crippen LogP contribution is -2.33. The normalized spacial score (nSPS) is 11.0. The van der Waals surface area contributed by atoms with Crippen LogP contribution < -0.4 is 10.6 Å². The Balaban J connectivity index is 2.34. The van der Waals surface area contributed by atoms with Gasteiger partial charge in [0.1, 0.15) is 5.60 Å². The number of nitrogens with one attached hydrogen (secondary N) is 2. The van der Waals surface area contributed by atoms with Crippen LogP contribution in [0.15, 0.2) is 24.3 Å². The lowest BCUT2D eigenvalue weighted by atomic mass is 10.1. The van der Waals surface area contributed by atoms with E-state index in [9.17, 15) is 4.79 Å². The number of benzene rings is 1. The van der Waals surface area contributed by atoms with E-state index in [0.717, 1.165) is 18.5 Å². The molecule has 0 radical (unpaired) electrons. The number of amides is 1. The third kappa shape index (κ3) is 7.56. The van der Waals surface area contributed by atoms with Crippen molar-refractivity contribution >= 4 is 11.8 Å². The van der Waals surface area contributed by atoms with Gasteiger partial charge in [-0.15, -0.1) is 0 Å². The minimum absolute atomic E-state index is 0.106. The molecule has 5 heteroatoms. The molecule has 0 saturated carbocycles. The Morgan fingerprint density at radius 2 is 1.95 bits per heavy atom. The summed E-state index contributed by atoms with van der Waals surface area (Å²) in [7, 11) is 0. The molecular formula is C16H26N2O3. The molecule has 0 saturated heterocycles. The Kier molecular flexibility index (Phi) is 7.02. The van der Waals surface area contributed by atoms with Gasteiger partial charge in [0.15, 0.2) is 0 Å². The second kappa shape index (κ2) is 8.52. The SMILES string of the molecule is CC(C)(C)OC(=O)NCCCc1ccccc1NCCO. The molecule has 0 heterocycles. The standard InChI is InChI=1S/C16H26N2O3/c1-16(2,3)21-15(20)18-10-6-8-13-7-4-5-9-14(13)17-11-12-19/h4-5,7,9,17,19H,6,8,10-12H2,1-3H3,(H,18,20). The number of carbonyl (C=O) groups is 1. The van der Waals surface area contributed by atoms with Gasteiger partial charge in [0, 0.05) is 18.8 Å². The molecule has 0 atom stereocenters. The zero-order chi connectivity index (χ0) is 15.7. The molecule has 1 aromatic rings. The quantitative estimate of drug-likeness (QED) is 0.676. The molecule has 0 aromatic heterocycles.